The molecule has 0 saturated heterocycles. The average molecular weight is 264 g/mol. The molecular weight excluding hydrogens is 252 g/mol. The Morgan fingerprint density at radius 3 is 3.00 bits per heavy atom. The van der Waals surface area contributed by atoms with Gasteiger partial charge in [-0.15, -0.1) is 5.10 Å². The van der Waals surface area contributed by atoms with E-state index in [-0.39, 0.29) is 5.75 Å². The number of rotatable bonds is 4. The summed E-state index contributed by atoms with van der Waals surface area (Å²) in [5.41, 5.74) is 1.70. The van der Waals surface area contributed by atoms with Crippen molar-refractivity contribution in [2.24, 2.45) is 7.05 Å². The summed E-state index contributed by atoms with van der Waals surface area (Å²) < 4.78 is 1.57. The minimum Gasteiger partial charge on any atom is -0.481 e. The molecule has 2 heterocycles. The lowest BCUT2D eigenvalue weighted by Gasteiger charge is -1.97. The van der Waals surface area contributed by atoms with Crippen molar-refractivity contribution < 1.29 is 9.90 Å². The molecule has 18 heavy (non-hydrogen) atoms. The molecule has 1 N–H and O–H groups in total. The second-order valence-corrected chi connectivity index (χ2v) is 4.64. The van der Waals surface area contributed by atoms with E-state index in [1.807, 2.05) is 19.1 Å². The summed E-state index contributed by atoms with van der Waals surface area (Å²) in [7, 11) is 1.74. The Hall–Kier alpha value is -1.89. The van der Waals surface area contributed by atoms with Crippen LogP contribution in [0.25, 0.3) is 11.5 Å². The minimum atomic E-state index is -0.876. The second kappa shape index (κ2) is 5.18. The smallest absolute Gasteiger partial charge is 0.313 e. The zero-order valence-electron chi connectivity index (χ0n) is 9.99. The molecule has 2 aromatic heterocycles. The van der Waals surface area contributed by atoms with Crippen molar-refractivity contribution in [1.82, 2.24) is 19.7 Å². The van der Waals surface area contributed by atoms with Gasteiger partial charge < -0.3 is 5.11 Å². The number of aryl methyl sites for hydroxylation is 2. The van der Waals surface area contributed by atoms with Crippen LogP contribution in [-0.2, 0) is 11.8 Å². The van der Waals surface area contributed by atoms with Crippen LogP contribution in [0.1, 0.15) is 5.56 Å². The third kappa shape index (κ3) is 2.67. The molecule has 0 radical (unpaired) electrons. The SMILES string of the molecule is Cc1cccnc1-c1nc(SCC(=O)O)n(C)n1. The van der Waals surface area contributed by atoms with Crippen molar-refractivity contribution in [3.8, 4) is 11.5 Å². The first-order valence-corrected chi connectivity index (χ1v) is 6.24. The predicted molar refractivity (Wildman–Crippen MR) is 67.3 cm³/mol. The number of nitrogens with zero attached hydrogens (tertiary/aromatic N) is 4. The van der Waals surface area contributed by atoms with Crippen molar-refractivity contribution >= 4 is 17.7 Å². The van der Waals surface area contributed by atoms with Crippen molar-refractivity contribution in [3.63, 3.8) is 0 Å². The van der Waals surface area contributed by atoms with E-state index >= 15 is 0 Å². The van der Waals surface area contributed by atoms with Crippen LogP contribution in [0.15, 0.2) is 23.5 Å². The summed E-state index contributed by atoms with van der Waals surface area (Å²) in [6.45, 7) is 1.93. The summed E-state index contributed by atoms with van der Waals surface area (Å²) in [6.07, 6.45) is 1.68. The Bertz CT molecular complexity index is 582. The molecule has 0 aliphatic carbocycles. The van der Waals surface area contributed by atoms with Gasteiger partial charge in [-0.2, -0.15) is 4.98 Å². The lowest BCUT2D eigenvalue weighted by molar-refractivity contribution is -0.133. The largest absolute Gasteiger partial charge is 0.481 e. The van der Waals surface area contributed by atoms with E-state index in [2.05, 4.69) is 15.1 Å². The molecule has 0 fully saturated rings. The van der Waals surface area contributed by atoms with E-state index in [4.69, 9.17) is 5.11 Å². The normalized spacial score (nSPS) is 10.6. The van der Waals surface area contributed by atoms with Gasteiger partial charge in [0.1, 0.15) is 5.69 Å². The molecular formula is C11H12N4O2S. The van der Waals surface area contributed by atoms with Gasteiger partial charge in [-0.1, -0.05) is 17.8 Å². The maximum Gasteiger partial charge on any atom is 0.313 e. The zero-order valence-corrected chi connectivity index (χ0v) is 10.8. The molecule has 7 heteroatoms. The second-order valence-electron chi connectivity index (χ2n) is 3.69. The number of aromatic nitrogens is 4. The lowest BCUT2D eigenvalue weighted by Crippen LogP contribution is -2.00. The molecule has 2 rings (SSSR count). The van der Waals surface area contributed by atoms with Crippen LogP contribution in [0.2, 0.25) is 0 Å². The molecule has 0 aliphatic rings. The molecule has 2 aromatic rings. The van der Waals surface area contributed by atoms with E-state index in [0.717, 1.165) is 23.0 Å². The Morgan fingerprint density at radius 2 is 2.33 bits per heavy atom. The molecule has 0 amide bonds. The number of carbonyl (C=O) groups is 1. The molecule has 94 valence electrons. The molecule has 0 saturated carbocycles. The summed E-state index contributed by atoms with van der Waals surface area (Å²) in [4.78, 5) is 19.1. The Morgan fingerprint density at radius 1 is 1.56 bits per heavy atom. The molecule has 0 aliphatic heterocycles. The van der Waals surface area contributed by atoms with Gasteiger partial charge in [0.25, 0.3) is 0 Å². The average Bonchev–Trinajstić information content (AvgIpc) is 2.68. The summed E-state index contributed by atoms with van der Waals surface area (Å²) in [5, 5.41) is 13.5. The molecule has 0 spiro atoms. The van der Waals surface area contributed by atoms with Crippen molar-refractivity contribution in [1.29, 1.82) is 0 Å². The van der Waals surface area contributed by atoms with Crippen LogP contribution >= 0.6 is 11.8 Å². The molecule has 6 nitrogen and oxygen atoms in total. The highest BCUT2D eigenvalue weighted by atomic mass is 32.2. The van der Waals surface area contributed by atoms with Gasteiger partial charge in [-0.3, -0.25) is 9.78 Å². The number of thioether (sulfide) groups is 1. The monoisotopic (exact) mass is 264 g/mol. The quantitative estimate of drug-likeness (QED) is 0.840. The van der Waals surface area contributed by atoms with Crippen LogP contribution in [0, 0.1) is 6.92 Å². The number of carboxylic acids is 1. The fraction of sp³-hybridized carbons (Fsp3) is 0.273. The van der Waals surface area contributed by atoms with Crippen molar-refractivity contribution in [2.75, 3.05) is 5.75 Å². The Balaban J connectivity index is 2.29. The van der Waals surface area contributed by atoms with E-state index in [1.165, 1.54) is 0 Å². The van der Waals surface area contributed by atoms with Crippen LogP contribution in [0.4, 0.5) is 0 Å². The Labute approximate surface area is 108 Å². The first-order chi connectivity index (χ1) is 8.58. The first kappa shape index (κ1) is 12.6. The summed E-state index contributed by atoms with van der Waals surface area (Å²) in [5.74, 6) is -0.394. The topological polar surface area (TPSA) is 80.9 Å². The van der Waals surface area contributed by atoms with Crippen LogP contribution in [0.5, 0.6) is 0 Å². The third-order valence-electron chi connectivity index (χ3n) is 2.27. The van der Waals surface area contributed by atoms with Crippen molar-refractivity contribution in [3.05, 3.63) is 23.9 Å². The number of pyridine rings is 1. The molecule has 0 bridgehead atoms. The third-order valence-corrected chi connectivity index (χ3v) is 3.27. The van der Waals surface area contributed by atoms with Crippen LogP contribution < -0.4 is 0 Å². The van der Waals surface area contributed by atoms with Gasteiger partial charge in [-0.05, 0) is 18.6 Å². The van der Waals surface area contributed by atoms with E-state index in [0.29, 0.717) is 11.0 Å². The predicted octanol–water partition coefficient (Wildman–Crippen LogP) is 1.36. The fourth-order valence-corrected chi connectivity index (χ4v) is 2.07. The summed E-state index contributed by atoms with van der Waals surface area (Å²) >= 11 is 1.14. The highest BCUT2D eigenvalue weighted by molar-refractivity contribution is 7.99. The lowest BCUT2D eigenvalue weighted by atomic mass is 10.2. The zero-order chi connectivity index (χ0) is 13.1. The van der Waals surface area contributed by atoms with Crippen LogP contribution in [-0.4, -0.2) is 36.6 Å². The van der Waals surface area contributed by atoms with Gasteiger partial charge >= 0.3 is 5.97 Å². The maximum atomic E-state index is 10.5. The number of hydrogen-bond acceptors (Lipinski definition) is 5. The maximum absolute atomic E-state index is 10.5. The van der Waals surface area contributed by atoms with E-state index in [1.54, 1.807) is 17.9 Å². The highest BCUT2D eigenvalue weighted by Crippen LogP contribution is 2.21. The number of hydrogen-bond donors (Lipinski definition) is 1. The van der Waals surface area contributed by atoms with Gasteiger partial charge in [-0.25, -0.2) is 4.68 Å². The number of carboxylic acid groups (broad SMARTS) is 1. The molecule has 0 atom stereocenters. The molecule has 0 aromatic carbocycles. The van der Waals surface area contributed by atoms with Gasteiger partial charge in [0.05, 0.1) is 5.75 Å². The number of aliphatic carboxylic acids is 1. The minimum absolute atomic E-state index is 0.0345. The summed E-state index contributed by atoms with van der Waals surface area (Å²) in [6, 6.07) is 3.78. The van der Waals surface area contributed by atoms with Gasteiger partial charge in [0.2, 0.25) is 5.82 Å². The van der Waals surface area contributed by atoms with Crippen molar-refractivity contribution in [2.45, 2.75) is 12.1 Å². The van der Waals surface area contributed by atoms with Gasteiger partial charge in [0, 0.05) is 13.2 Å². The van der Waals surface area contributed by atoms with E-state index < -0.39 is 5.97 Å². The van der Waals surface area contributed by atoms with Gasteiger partial charge in [0.15, 0.2) is 5.16 Å². The standard InChI is InChI=1S/C11H12N4O2S/c1-7-4-3-5-12-9(7)10-13-11(15(2)14-10)18-6-8(16)17/h3-5H,6H2,1-2H3,(H,16,17). The molecule has 0 unspecified atom stereocenters. The van der Waals surface area contributed by atoms with E-state index in [9.17, 15) is 4.79 Å². The Kier molecular flexibility index (Phi) is 3.61. The van der Waals surface area contributed by atoms with Crippen LogP contribution in [0.3, 0.4) is 0 Å². The highest BCUT2D eigenvalue weighted by Gasteiger charge is 2.13. The fourth-order valence-electron chi connectivity index (χ4n) is 1.44. The first-order valence-electron chi connectivity index (χ1n) is 5.25.